The van der Waals surface area contributed by atoms with Crippen LogP contribution in [0.2, 0.25) is 0 Å². The molecule has 1 amide bonds. The highest BCUT2D eigenvalue weighted by atomic mass is 32.2. The molecule has 8 heteroatoms. The molecule has 1 aromatic heterocycles. The molecule has 0 aliphatic carbocycles. The van der Waals surface area contributed by atoms with Gasteiger partial charge in [0.05, 0.1) is 12.4 Å². The van der Waals surface area contributed by atoms with E-state index in [-0.39, 0.29) is 11.2 Å². The zero-order valence-electron chi connectivity index (χ0n) is 16.1. The molecule has 28 heavy (non-hydrogen) atoms. The van der Waals surface area contributed by atoms with Crippen LogP contribution in [0.15, 0.2) is 59.8 Å². The van der Waals surface area contributed by atoms with E-state index >= 15 is 0 Å². The maximum absolute atomic E-state index is 12.7. The van der Waals surface area contributed by atoms with Gasteiger partial charge in [-0.15, -0.1) is 10.2 Å². The van der Waals surface area contributed by atoms with Crippen molar-refractivity contribution in [1.29, 1.82) is 0 Å². The van der Waals surface area contributed by atoms with E-state index in [0.29, 0.717) is 17.5 Å². The van der Waals surface area contributed by atoms with Gasteiger partial charge in [0.25, 0.3) is 0 Å². The van der Waals surface area contributed by atoms with Crippen LogP contribution in [0.3, 0.4) is 0 Å². The Hall–Kier alpha value is -3.00. The fourth-order valence-corrected chi connectivity index (χ4v) is 3.63. The Bertz CT molecular complexity index is 928. The third-order valence-electron chi connectivity index (χ3n) is 4.28. The van der Waals surface area contributed by atoms with Crippen molar-refractivity contribution in [1.82, 2.24) is 19.8 Å². The van der Waals surface area contributed by atoms with Crippen LogP contribution in [0.1, 0.15) is 12.5 Å². The highest BCUT2D eigenvalue weighted by Gasteiger charge is 2.22. The number of nitrogens with two attached hydrogens (primary N) is 1. The highest BCUT2D eigenvalue weighted by molar-refractivity contribution is 8.00. The average Bonchev–Trinajstić information content (AvgIpc) is 3.08. The number of methoxy groups -OCH3 is 1. The number of nitrogens with zero attached hydrogens (tertiary/aromatic N) is 4. The summed E-state index contributed by atoms with van der Waals surface area (Å²) in [5.74, 6) is 7.45. The van der Waals surface area contributed by atoms with Crippen molar-refractivity contribution in [3.8, 4) is 17.1 Å². The molecule has 1 atom stereocenters. The van der Waals surface area contributed by atoms with Gasteiger partial charge in [-0.2, -0.15) is 0 Å². The van der Waals surface area contributed by atoms with E-state index in [2.05, 4.69) is 10.2 Å². The standard InChI is InChI=1S/C20H23N5O2S/c1-14(19(26)24(2)13-15-7-5-4-6-8-15)28-20-23-22-18(25(20)21)16-9-11-17(27-3)12-10-16/h4-12,14H,13,21H2,1-3H3/t14-/m0/s1. The summed E-state index contributed by atoms with van der Waals surface area (Å²) in [5.41, 5.74) is 1.90. The molecular weight excluding hydrogens is 374 g/mol. The normalized spacial score (nSPS) is 11.8. The van der Waals surface area contributed by atoms with Crippen LogP contribution in [0.5, 0.6) is 5.75 Å². The number of nitrogen functional groups attached to an aromatic ring is 1. The van der Waals surface area contributed by atoms with Gasteiger partial charge in [-0.25, -0.2) is 4.68 Å². The highest BCUT2D eigenvalue weighted by Crippen LogP contribution is 2.26. The first kappa shape index (κ1) is 19.8. The predicted molar refractivity (Wildman–Crippen MR) is 110 cm³/mol. The van der Waals surface area contributed by atoms with Crippen LogP contribution >= 0.6 is 11.8 Å². The van der Waals surface area contributed by atoms with E-state index in [1.807, 2.05) is 61.5 Å². The summed E-state index contributed by atoms with van der Waals surface area (Å²) in [5, 5.41) is 8.46. The lowest BCUT2D eigenvalue weighted by atomic mass is 10.2. The van der Waals surface area contributed by atoms with E-state index in [9.17, 15) is 4.79 Å². The summed E-state index contributed by atoms with van der Waals surface area (Å²) in [6.07, 6.45) is 0. The minimum atomic E-state index is -0.344. The van der Waals surface area contributed by atoms with Crippen molar-refractivity contribution in [3.05, 3.63) is 60.2 Å². The molecular formula is C20H23N5O2S. The maximum Gasteiger partial charge on any atom is 0.235 e. The van der Waals surface area contributed by atoms with Crippen molar-refractivity contribution >= 4 is 17.7 Å². The molecule has 3 aromatic rings. The topological polar surface area (TPSA) is 86.3 Å². The van der Waals surface area contributed by atoms with E-state index in [1.54, 1.807) is 19.1 Å². The monoisotopic (exact) mass is 397 g/mol. The zero-order valence-corrected chi connectivity index (χ0v) is 16.9. The van der Waals surface area contributed by atoms with Crippen molar-refractivity contribution in [2.45, 2.75) is 23.9 Å². The van der Waals surface area contributed by atoms with E-state index < -0.39 is 0 Å². The first-order valence-corrected chi connectivity index (χ1v) is 9.68. The van der Waals surface area contributed by atoms with Crippen molar-refractivity contribution < 1.29 is 9.53 Å². The SMILES string of the molecule is COc1ccc(-c2nnc(S[C@@H](C)C(=O)N(C)Cc3ccccc3)n2N)cc1. The second kappa shape index (κ2) is 8.79. The molecule has 0 saturated carbocycles. The second-order valence-electron chi connectivity index (χ2n) is 6.34. The maximum atomic E-state index is 12.7. The molecule has 3 rings (SSSR count). The predicted octanol–water partition coefficient (Wildman–Crippen LogP) is 2.81. The van der Waals surface area contributed by atoms with Gasteiger partial charge in [-0.1, -0.05) is 42.1 Å². The smallest absolute Gasteiger partial charge is 0.235 e. The number of rotatable bonds is 7. The third kappa shape index (κ3) is 4.45. The summed E-state index contributed by atoms with van der Waals surface area (Å²) >= 11 is 1.29. The fourth-order valence-electron chi connectivity index (χ4n) is 2.75. The quantitative estimate of drug-likeness (QED) is 0.487. The van der Waals surface area contributed by atoms with E-state index in [1.165, 1.54) is 16.4 Å². The number of aromatic nitrogens is 3. The molecule has 0 unspecified atom stereocenters. The van der Waals surface area contributed by atoms with Gasteiger partial charge in [0.2, 0.25) is 11.1 Å². The number of carbonyl (C=O) groups is 1. The molecule has 0 spiro atoms. The van der Waals surface area contributed by atoms with Crippen molar-refractivity contribution in [3.63, 3.8) is 0 Å². The number of hydrogen-bond donors (Lipinski definition) is 1. The Labute approximate surface area is 168 Å². The molecule has 0 bridgehead atoms. The molecule has 1 heterocycles. The summed E-state index contributed by atoms with van der Waals surface area (Å²) in [6.45, 7) is 2.40. The molecule has 0 aliphatic rings. The second-order valence-corrected chi connectivity index (χ2v) is 7.65. The largest absolute Gasteiger partial charge is 0.497 e. The van der Waals surface area contributed by atoms with Crippen molar-refractivity contribution in [2.24, 2.45) is 0 Å². The average molecular weight is 398 g/mol. The fraction of sp³-hybridized carbons (Fsp3) is 0.250. The minimum Gasteiger partial charge on any atom is -0.497 e. The lowest BCUT2D eigenvalue weighted by Gasteiger charge is -2.21. The third-order valence-corrected chi connectivity index (χ3v) is 5.33. The van der Waals surface area contributed by atoms with Crippen LogP contribution < -0.4 is 10.6 Å². The molecule has 0 fully saturated rings. The summed E-state index contributed by atoms with van der Waals surface area (Å²) < 4.78 is 6.57. The van der Waals surface area contributed by atoms with Crippen LogP contribution in [0.4, 0.5) is 0 Å². The minimum absolute atomic E-state index is 0.00264. The lowest BCUT2D eigenvalue weighted by molar-refractivity contribution is -0.129. The Balaban J connectivity index is 1.67. The Morgan fingerprint density at radius 1 is 1.18 bits per heavy atom. The van der Waals surface area contributed by atoms with Gasteiger partial charge in [0.1, 0.15) is 5.75 Å². The lowest BCUT2D eigenvalue weighted by Crippen LogP contribution is -2.33. The van der Waals surface area contributed by atoms with Gasteiger partial charge in [0, 0.05) is 19.2 Å². The van der Waals surface area contributed by atoms with Gasteiger partial charge in [0.15, 0.2) is 5.82 Å². The van der Waals surface area contributed by atoms with Crippen LogP contribution in [-0.2, 0) is 11.3 Å². The number of benzene rings is 2. The molecule has 0 aliphatic heterocycles. The first-order chi connectivity index (χ1) is 13.5. The van der Waals surface area contributed by atoms with E-state index in [4.69, 9.17) is 10.6 Å². The molecule has 7 nitrogen and oxygen atoms in total. The number of thioether (sulfide) groups is 1. The summed E-state index contributed by atoms with van der Waals surface area (Å²) in [6, 6.07) is 17.3. The zero-order chi connectivity index (χ0) is 20.1. The molecule has 0 radical (unpaired) electrons. The van der Waals surface area contributed by atoms with Crippen LogP contribution in [0.25, 0.3) is 11.4 Å². The first-order valence-electron chi connectivity index (χ1n) is 8.80. The van der Waals surface area contributed by atoms with Crippen LogP contribution in [-0.4, -0.2) is 45.1 Å². The Kier molecular flexibility index (Phi) is 6.20. The molecule has 0 saturated heterocycles. The molecule has 146 valence electrons. The molecule has 2 N–H and O–H groups in total. The summed E-state index contributed by atoms with van der Waals surface area (Å²) in [7, 11) is 3.41. The van der Waals surface area contributed by atoms with Crippen molar-refractivity contribution in [2.75, 3.05) is 20.0 Å². The number of carbonyl (C=O) groups excluding carboxylic acids is 1. The number of amides is 1. The van der Waals surface area contributed by atoms with Gasteiger partial charge >= 0.3 is 0 Å². The van der Waals surface area contributed by atoms with Crippen LogP contribution in [0, 0.1) is 0 Å². The Morgan fingerprint density at radius 2 is 1.86 bits per heavy atom. The number of ether oxygens (including phenoxy) is 1. The number of hydrogen-bond acceptors (Lipinski definition) is 6. The summed E-state index contributed by atoms with van der Waals surface area (Å²) in [4.78, 5) is 14.4. The Morgan fingerprint density at radius 3 is 2.50 bits per heavy atom. The van der Waals surface area contributed by atoms with Gasteiger partial charge in [-0.3, -0.25) is 4.79 Å². The van der Waals surface area contributed by atoms with E-state index in [0.717, 1.165) is 16.9 Å². The van der Waals surface area contributed by atoms with Gasteiger partial charge in [-0.05, 0) is 36.8 Å². The molecule has 2 aromatic carbocycles. The van der Waals surface area contributed by atoms with Gasteiger partial charge < -0.3 is 15.5 Å².